The van der Waals surface area contributed by atoms with Crippen molar-refractivity contribution in [2.45, 2.75) is 6.54 Å². The molecule has 0 spiro atoms. The van der Waals surface area contributed by atoms with Crippen molar-refractivity contribution in [3.05, 3.63) is 21.9 Å². The van der Waals surface area contributed by atoms with Crippen LogP contribution in [-0.2, 0) is 13.6 Å². The van der Waals surface area contributed by atoms with Gasteiger partial charge in [0.1, 0.15) is 5.15 Å². The van der Waals surface area contributed by atoms with Crippen LogP contribution >= 0.6 is 35.6 Å². The monoisotopic (exact) mass is 214 g/mol. The molecule has 0 aliphatic heterocycles. The zero-order chi connectivity index (χ0) is 7.72. The Hall–Kier alpha value is 0.110. The van der Waals surface area contributed by atoms with Gasteiger partial charge >= 0.3 is 0 Å². The molecule has 0 aliphatic rings. The van der Waals surface area contributed by atoms with Gasteiger partial charge in [0.15, 0.2) is 0 Å². The van der Waals surface area contributed by atoms with Gasteiger partial charge in [-0.3, -0.25) is 0 Å². The topological polar surface area (TPSA) is 30.9 Å². The lowest BCUT2D eigenvalue weighted by molar-refractivity contribution is 0.825. The lowest BCUT2D eigenvalue weighted by Crippen LogP contribution is -2.02. The summed E-state index contributed by atoms with van der Waals surface area (Å²) in [5.74, 6) is 0. The summed E-state index contributed by atoms with van der Waals surface area (Å²) in [5, 5.41) is 1.10. The van der Waals surface area contributed by atoms with Crippen LogP contribution < -0.4 is 5.73 Å². The fourth-order valence-corrected chi connectivity index (χ4v) is 1.20. The van der Waals surface area contributed by atoms with Crippen molar-refractivity contribution in [1.29, 1.82) is 0 Å². The molecule has 0 fully saturated rings. The van der Waals surface area contributed by atoms with Gasteiger partial charge in [-0.05, 0) is 6.07 Å². The van der Waals surface area contributed by atoms with Gasteiger partial charge in [0.05, 0.1) is 5.02 Å². The molecule has 5 heteroatoms. The fraction of sp³-hybridized carbons (Fsp3) is 0.333. The molecule has 0 amide bonds. The van der Waals surface area contributed by atoms with Gasteiger partial charge in [-0.2, -0.15) is 0 Å². The highest BCUT2D eigenvalue weighted by Crippen LogP contribution is 2.24. The van der Waals surface area contributed by atoms with Gasteiger partial charge in [-0.1, -0.05) is 23.2 Å². The maximum atomic E-state index is 5.75. The van der Waals surface area contributed by atoms with Crippen LogP contribution in [-0.4, -0.2) is 4.57 Å². The Morgan fingerprint density at radius 1 is 1.55 bits per heavy atom. The Bertz CT molecular complexity index is 244. The maximum absolute atomic E-state index is 5.75. The Labute approximate surface area is 81.7 Å². The minimum atomic E-state index is 0. The van der Waals surface area contributed by atoms with E-state index in [9.17, 15) is 0 Å². The predicted molar refractivity (Wildman–Crippen MR) is 50.6 cm³/mol. The summed E-state index contributed by atoms with van der Waals surface area (Å²) in [6, 6.07) is 1.77. The third-order valence-electron chi connectivity index (χ3n) is 1.42. The highest BCUT2D eigenvalue weighted by atomic mass is 35.5. The molecule has 0 aromatic carbocycles. The minimum Gasteiger partial charge on any atom is -0.336 e. The average Bonchev–Trinajstić information content (AvgIpc) is 2.17. The van der Waals surface area contributed by atoms with E-state index < -0.39 is 0 Å². The molecule has 2 nitrogen and oxygen atoms in total. The molecule has 0 saturated carbocycles. The van der Waals surface area contributed by atoms with Crippen LogP contribution in [0.2, 0.25) is 10.2 Å². The molecule has 0 atom stereocenters. The van der Waals surface area contributed by atoms with Crippen molar-refractivity contribution < 1.29 is 0 Å². The second-order valence-corrected chi connectivity index (χ2v) is 2.80. The second kappa shape index (κ2) is 4.21. The van der Waals surface area contributed by atoms with Gasteiger partial charge in [-0.15, -0.1) is 12.4 Å². The maximum Gasteiger partial charge on any atom is 0.127 e. The van der Waals surface area contributed by atoms with Crippen LogP contribution in [0.1, 0.15) is 5.69 Å². The van der Waals surface area contributed by atoms with E-state index in [1.54, 1.807) is 10.6 Å². The molecule has 2 N–H and O–H groups in total. The third-order valence-corrected chi connectivity index (χ3v) is 2.27. The highest BCUT2D eigenvalue weighted by molar-refractivity contribution is 6.41. The normalized spacial score (nSPS) is 9.45. The first-order valence-corrected chi connectivity index (χ1v) is 3.62. The van der Waals surface area contributed by atoms with Crippen molar-refractivity contribution in [2.24, 2.45) is 12.8 Å². The zero-order valence-electron chi connectivity index (χ0n) is 5.97. The third kappa shape index (κ3) is 2.03. The van der Waals surface area contributed by atoms with Gasteiger partial charge in [0.25, 0.3) is 0 Å². The van der Waals surface area contributed by atoms with E-state index in [0.29, 0.717) is 16.7 Å². The molecule has 0 saturated heterocycles. The molecule has 0 radical (unpaired) electrons. The summed E-state index contributed by atoms with van der Waals surface area (Å²) in [7, 11) is 1.83. The van der Waals surface area contributed by atoms with Crippen LogP contribution in [0, 0.1) is 0 Å². The van der Waals surface area contributed by atoms with E-state index in [1.165, 1.54) is 0 Å². The Morgan fingerprint density at radius 3 is 2.27 bits per heavy atom. The quantitative estimate of drug-likeness (QED) is 0.765. The fourth-order valence-electron chi connectivity index (χ4n) is 0.785. The molecule has 0 bridgehead atoms. The smallest absolute Gasteiger partial charge is 0.127 e. The summed E-state index contributed by atoms with van der Waals surface area (Å²) in [6.07, 6.45) is 0. The first kappa shape index (κ1) is 11.1. The predicted octanol–water partition coefficient (Wildman–Crippen LogP) is 2.21. The number of rotatable bonds is 1. The van der Waals surface area contributed by atoms with Crippen LogP contribution in [0.5, 0.6) is 0 Å². The SMILES string of the molecule is Cl.Cn1c(CN)cc(Cl)c1Cl. The molecular weight excluding hydrogens is 206 g/mol. The molecule has 11 heavy (non-hydrogen) atoms. The van der Waals surface area contributed by atoms with E-state index >= 15 is 0 Å². The summed E-state index contributed by atoms with van der Waals surface area (Å²) in [5.41, 5.74) is 6.33. The molecule has 1 rings (SSSR count). The molecule has 64 valence electrons. The van der Waals surface area contributed by atoms with Crippen LogP contribution in [0.4, 0.5) is 0 Å². The van der Waals surface area contributed by atoms with Gasteiger partial charge in [-0.25, -0.2) is 0 Å². The summed E-state index contributed by atoms with van der Waals surface area (Å²) < 4.78 is 1.77. The molecule has 1 aromatic heterocycles. The van der Waals surface area contributed by atoms with Crippen molar-refractivity contribution in [3.63, 3.8) is 0 Å². The van der Waals surface area contributed by atoms with Crippen molar-refractivity contribution in [2.75, 3.05) is 0 Å². The molecular formula is C6H9Cl3N2. The van der Waals surface area contributed by atoms with Crippen molar-refractivity contribution >= 4 is 35.6 Å². The number of nitrogens with two attached hydrogens (primary N) is 1. The standard InChI is InChI=1S/C6H8Cl2N2.ClH/c1-10-4(3-9)2-5(7)6(10)8;/h2H,3,9H2,1H3;1H. The number of nitrogens with zero attached hydrogens (tertiary/aromatic N) is 1. The van der Waals surface area contributed by atoms with E-state index in [0.717, 1.165) is 5.69 Å². The number of aromatic nitrogens is 1. The van der Waals surface area contributed by atoms with E-state index in [1.807, 2.05) is 7.05 Å². The Morgan fingerprint density at radius 2 is 2.09 bits per heavy atom. The largest absolute Gasteiger partial charge is 0.336 e. The Balaban J connectivity index is 0.000001000. The lowest BCUT2D eigenvalue weighted by Gasteiger charge is -1.98. The van der Waals surface area contributed by atoms with Crippen LogP contribution in [0.3, 0.4) is 0 Å². The summed E-state index contributed by atoms with van der Waals surface area (Å²) >= 11 is 11.5. The van der Waals surface area contributed by atoms with Crippen LogP contribution in [0.15, 0.2) is 6.07 Å². The zero-order valence-corrected chi connectivity index (χ0v) is 8.30. The summed E-state index contributed by atoms with van der Waals surface area (Å²) in [4.78, 5) is 0. The molecule has 1 heterocycles. The molecule has 0 aliphatic carbocycles. The van der Waals surface area contributed by atoms with Gasteiger partial charge < -0.3 is 10.3 Å². The second-order valence-electron chi connectivity index (χ2n) is 2.04. The summed E-state index contributed by atoms with van der Waals surface area (Å²) in [6.45, 7) is 0.461. The lowest BCUT2D eigenvalue weighted by atomic mass is 10.4. The van der Waals surface area contributed by atoms with Gasteiger partial charge in [0.2, 0.25) is 0 Å². The molecule has 0 unspecified atom stereocenters. The first-order chi connectivity index (χ1) is 4.66. The van der Waals surface area contributed by atoms with Crippen LogP contribution in [0.25, 0.3) is 0 Å². The number of hydrogen-bond acceptors (Lipinski definition) is 1. The van der Waals surface area contributed by atoms with Crippen molar-refractivity contribution in [3.8, 4) is 0 Å². The minimum absolute atomic E-state index is 0. The Kier molecular flexibility index (Phi) is 4.26. The van der Waals surface area contributed by atoms with E-state index in [-0.39, 0.29) is 12.4 Å². The average molecular weight is 216 g/mol. The van der Waals surface area contributed by atoms with Crippen molar-refractivity contribution in [1.82, 2.24) is 4.57 Å². The van der Waals surface area contributed by atoms with E-state index in [2.05, 4.69) is 0 Å². The highest BCUT2D eigenvalue weighted by Gasteiger charge is 2.05. The van der Waals surface area contributed by atoms with Gasteiger partial charge in [0, 0.05) is 19.3 Å². The first-order valence-electron chi connectivity index (χ1n) is 2.86. The number of halogens is 3. The number of hydrogen-bond donors (Lipinski definition) is 1. The molecule has 1 aromatic rings. The van der Waals surface area contributed by atoms with E-state index in [4.69, 9.17) is 28.9 Å².